The Labute approximate surface area is 199 Å². The van der Waals surface area contributed by atoms with Gasteiger partial charge in [-0.25, -0.2) is 14.5 Å². The molecule has 0 saturated carbocycles. The number of nitrogens with one attached hydrogen (secondary N) is 1. The number of pyridine rings is 2. The third-order valence-corrected chi connectivity index (χ3v) is 5.57. The summed E-state index contributed by atoms with van der Waals surface area (Å²) in [6, 6.07) is 15.8. The molecular weight excluding hydrogens is 448 g/mol. The summed E-state index contributed by atoms with van der Waals surface area (Å²) in [7, 11) is 0. The van der Waals surface area contributed by atoms with Crippen LogP contribution in [-0.2, 0) is 0 Å². The number of aliphatic imine (C=N–C) groups is 1. The molecule has 2 aromatic carbocycles. The van der Waals surface area contributed by atoms with Gasteiger partial charge in [-0.15, -0.1) is 0 Å². The number of hydrogen-bond acceptors (Lipinski definition) is 5. The number of amides is 2. The van der Waals surface area contributed by atoms with Gasteiger partial charge in [0, 0.05) is 52.7 Å². The molecule has 3 heterocycles. The van der Waals surface area contributed by atoms with Gasteiger partial charge in [0.1, 0.15) is 0 Å². The predicted molar refractivity (Wildman–Crippen MR) is 138 cm³/mol. The number of carbonyl (C=O) groups is 1. The fourth-order valence-corrected chi connectivity index (χ4v) is 3.91. The number of aromatic nitrogens is 4. The topological polar surface area (TPSA) is 94.2 Å². The van der Waals surface area contributed by atoms with Crippen molar-refractivity contribution in [3.8, 4) is 11.4 Å². The smallest absolute Gasteiger partial charge is 0.306 e. The summed E-state index contributed by atoms with van der Waals surface area (Å²) in [4.78, 5) is 33.5. The Bertz CT molecular complexity index is 1650. The molecule has 5 aromatic rings. The van der Waals surface area contributed by atoms with Crippen molar-refractivity contribution in [2.24, 2.45) is 4.99 Å². The highest BCUT2D eigenvalue weighted by Crippen LogP contribution is 2.28. The molecule has 2 amide bonds. The average Bonchev–Trinajstić information content (AvgIpc) is 3.39. The molecule has 8 nitrogen and oxygen atoms in total. The average molecular weight is 467 g/mol. The molecule has 0 aliphatic carbocycles. The van der Waals surface area contributed by atoms with Crippen molar-refractivity contribution < 1.29 is 4.79 Å². The van der Waals surface area contributed by atoms with Gasteiger partial charge in [0.15, 0.2) is 0 Å². The van der Waals surface area contributed by atoms with E-state index in [0.717, 1.165) is 27.5 Å². The number of urea groups is 1. The largest absolute Gasteiger partial charge is 0.345 e. The van der Waals surface area contributed by atoms with E-state index in [-0.39, 0.29) is 5.56 Å². The highest BCUT2D eigenvalue weighted by atomic mass is 32.1. The molecule has 0 atom stereocenters. The Morgan fingerprint density at radius 3 is 2.76 bits per heavy atom. The van der Waals surface area contributed by atoms with Crippen LogP contribution in [0.5, 0.6) is 0 Å². The minimum atomic E-state index is -0.551. The minimum Gasteiger partial charge on any atom is -0.306 e. The molecule has 0 bridgehead atoms. The SMILES string of the molecule is Cc1ccc(-n2c(=O)ccc3cnc4ccc(-n5cccn5)cc4c32)cc1NC(=O)N=CC=S. The third kappa shape index (κ3) is 3.89. The fraction of sp³-hybridized carbons (Fsp3) is 0.0400. The van der Waals surface area contributed by atoms with Crippen LogP contribution >= 0.6 is 12.2 Å². The maximum atomic E-state index is 13.1. The number of fused-ring (bicyclic) bond motifs is 3. The van der Waals surface area contributed by atoms with Crippen LogP contribution in [0.3, 0.4) is 0 Å². The Balaban J connectivity index is 1.74. The van der Waals surface area contributed by atoms with Crippen LogP contribution < -0.4 is 10.9 Å². The second kappa shape index (κ2) is 8.80. The minimum absolute atomic E-state index is 0.204. The van der Waals surface area contributed by atoms with Crippen molar-refractivity contribution in [2.45, 2.75) is 6.92 Å². The lowest BCUT2D eigenvalue weighted by atomic mass is 10.1. The lowest BCUT2D eigenvalue weighted by Gasteiger charge is -2.15. The van der Waals surface area contributed by atoms with Crippen LogP contribution in [0.1, 0.15) is 5.56 Å². The zero-order valence-corrected chi connectivity index (χ0v) is 18.9. The lowest BCUT2D eigenvalue weighted by molar-refractivity contribution is 0.259. The molecule has 0 fully saturated rings. The molecular formula is C25H18N6O2S. The van der Waals surface area contributed by atoms with Crippen LogP contribution in [-0.4, -0.2) is 36.9 Å². The Kier molecular flexibility index (Phi) is 5.52. The molecule has 0 aliphatic rings. The predicted octanol–water partition coefficient (Wildman–Crippen LogP) is 4.64. The van der Waals surface area contributed by atoms with Gasteiger partial charge in [0.25, 0.3) is 5.56 Å². The van der Waals surface area contributed by atoms with Crippen molar-refractivity contribution in [1.29, 1.82) is 0 Å². The summed E-state index contributed by atoms with van der Waals surface area (Å²) in [6.07, 6.45) is 6.56. The van der Waals surface area contributed by atoms with Crippen LogP contribution in [0.2, 0.25) is 0 Å². The highest BCUT2D eigenvalue weighted by molar-refractivity contribution is 7.80. The summed E-state index contributed by atoms with van der Waals surface area (Å²) in [5.74, 6) is 0. The molecule has 0 saturated heterocycles. The zero-order valence-electron chi connectivity index (χ0n) is 18.0. The van der Waals surface area contributed by atoms with Gasteiger partial charge in [0.05, 0.1) is 22.4 Å². The first-order valence-corrected chi connectivity index (χ1v) is 10.9. The third-order valence-electron chi connectivity index (χ3n) is 5.44. The molecule has 9 heteroatoms. The lowest BCUT2D eigenvalue weighted by Crippen LogP contribution is -2.18. The van der Waals surface area contributed by atoms with Gasteiger partial charge in [-0.05, 0) is 55.0 Å². The summed E-state index contributed by atoms with van der Waals surface area (Å²) in [5.41, 5.74) is 4.09. The van der Waals surface area contributed by atoms with Crippen LogP contribution in [0.25, 0.3) is 33.2 Å². The van der Waals surface area contributed by atoms with Crippen molar-refractivity contribution in [1.82, 2.24) is 19.3 Å². The van der Waals surface area contributed by atoms with Crippen LogP contribution in [0.4, 0.5) is 10.5 Å². The second-order valence-electron chi connectivity index (χ2n) is 7.56. The van der Waals surface area contributed by atoms with Gasteiger partial charge in [-0.3, -0.25) is 14.3 Å². The second-order valence-corrected chi connectivity index (χ2v) is 7.84. The maximum absolute atomic E-state index is 13.1. The summed E-state index contributed by atoms with van der Waals surface area (Å²) in [5, 5.41) is 9.93. The molecule has 5 rings (SSSR count). The first-order valence-electron chi connectivity index (χ1n) is 10.4. The van der Waals surface area contributed by atoms with Crippen molar-refractivity contribution in [3.63, 3.8) is 0 Å². The van der Waals surface area contributed by atoms with Crippen molar-refractivity contribution in [3.05, 3.63) is 89.1 Å². The number of thiocarbonyl (C=S) groups is 1. The van der Waals surface area contributed by atoms with Crippen LogP contribution in [0, 0.1) is 6.92 Å². The molecule has 34 heavy (non-hydrogen) atoms. The molecule has 0 radical (unpaired) electrons. The number of rotatable bonds is 4. The van der Waals surface area contributed by atoms with E-state index in [0.29, 0.717) is 16.9 Å². The summed E-state index contributed by atoms with van der Waals surface area (Å²) < 4.78 is 3.38. The molecule has 0 aliphatic heterocycles. The Morgan fingerprint density at radius 1 is 1.12 bits per heavy atom. The van der Waals surface area contributed by atoms with E-state index in [1.54, 1.807) is 33.8 Å². The van der Waals surface area contributed by atoms with Crippen molar-refractivity contribution in [2.75, 3.05) is 5.32 Å². The number of carbonyl (C=O) groups excluding carboxylic acids is 1. The maximum Gasteiger partial charge on any atom is 0.345 e. The molecule has 0 unspecified atom stereocenters. The van der Waals surface area contributed by atoms with Gasteiger partial charge in [-0.2, -0.15) is 5.10 Å². The number of aryl methyl sites for hydroxylation is 1. The first-order chi connectivity index (χ1) is 16.5. The monoisotopic (exact) mass is 466 g/mol. The number of anilines is 1. The zero-order chi connectivity index (χ0) is 23.7. The first kappa shape index (κ1) is 21.4. The number of benzene rings is 2. The fourth-order valence-electron chi connectivity index (χ4n) is 3.85. The van der Waals surface area contributed by atoms with E-state index in [1.165, 1.54) is 17.6 Å². The van der Waals surface area contributed by atoms with Gasteiger partial charge in [0.2, 0.25) is 0 Å². The van der Waals surface area contributed by atoms with E-state index >= 15 is 0 Å². The van der Waals surface area contributed by atoms with Gasteiger partial charge in [-0.1, -0.05) is 18.3 Å². The van der Waals surface area contributed by atoms with Gasteiger partial charge >= 0.3 is 6.03 Å². The standard InChI is InChI=1S/C25H18N6O2S/c1-16-3-5-19(14-22(16)29-25(33)26-10-12-34)31-23(32)8-4-17-15-27-21-7-6-18(13-20(21)24(17)31)30-11-2-9-28-30/h2-15H,1H3,(H,29,33). The van der Waals surface area contributed by atoms with E-state index < -0.39 is 6.03 Å². The summed E-state index contributed by atoms with van der Waals surface area (Å²) >= 11 is 4.68. The normalized spacial score (nSPS) is 11.3. The van der Waals surface area contributed by atoms with E-state index in [4.69, 9.17) is 0 Å². The molecule has 3 aromatic heterocycles. The molecule has 166 valence electrons. The van der Waals surface area contributed by atoms with E-state index in [1.807, 2.05) is 49.5 Å². The van der Waals surface area contributed by atoms with Crippen LogP contribution in [0.15, 0.2) is 83.0 Å². The van der Waals surface area contributed by atoms with Crippen molar-refractivity contribution >= 4 is 57.3 Å². The van der Waals surface area contributed by atoms with E-state index in [2.05, 4.69) is 32.6 Å². The van der Waals surface area contributed by atoms with E-state index in [9.17, 15) is 9.59 Å². The summed E-state index contributed by atoms with van der Waals surface area (Å²) in [6.45, 7) is 1.86. The number of hydrogen-bond donors (Lipinski definition) is 1. The number of nitrogens with zero attached hydrogens (tertiary/aromatic N) is 5. The highest BCUT2D eigenvalue weighted by Gasteiger charge is 2.13. The van der Waals surface area contributed by atoms with Gasteiger partial charge < -0.3 is 5.32 Å². The molecule has 0 spiro atoms. The quantitative estimate of drug-likeness (QED) is 0.237. The molecule has 1 N–H and O–H groups in total. The Morgan fingerprint density at radius 2 is 1.97 bits per heavy atom. The Hall–Kier alpha value is -4.50.